The van der Waals surface area contributed by atoms with E-state index in [-0.39, 0.29) is 5.41 Å². The molecule has 3 saturated carbocycles. The highest BCUT2D eigenvalue weighted by Crippen LogP contribution is 2.49. The van der Waals surface area contributed by atoms with Gasteiger partial charge < -0.3 is 10.1 Å². The summed E-state index contributed by atoms with van der Waals surface area (Å²) in [6.45, 7) is 5.40. The van der Waals surface area contributed by atoms with Crippen molar-refractivity contribution in [1.29, 1.82) is 5.26 Å². The highest BCUT2D eigenvalue weighted by Gasteiger charge is 2.52. The van der Waals surface area contributed by atoms with Gasteiger partial charge in [-0.25, -0.2) is 0 Å². The molecule has 5 rings (SSSR count). The number of hydrazine groups is 1. The van der Waals surface area contributed by atoms with Crippen LogP contribution in [0.2, 0.25) is 0 Å². The Kier molecular flexibility index (Phi) is 6.87. The lowest BCUT2D eigenvalue weighted by molar-refractivity contribution is 0.00718. The highest BCUT2D eigenvalue weighted by molar-refractivity contribution is 5.08. The van der Waals surface area contributed by atoms with Crippen molar-refractivity contribution in [2.45, 2.75) is 109 Å². The quantitative estimate of drug-likeness (QED) is 0.602. The van der Waals surface area contributed by atoms with Crippen LogP contribution in [0.4, 0.5) is 0 Å². The van der Waals surface area contributed by atoms with Crippen LogP contribution in [0.5, 0.6) is 0 Å². The molecular weight excluding hydrogens is 396 g/mol. The molecule has 0 aromatic carbocycles. The third-order valence-corrected chi connectivity index (χ3v) is 10.6. The molecule has 2 aliphatic heterocycles. The second kappa shape index (κ2) is 9.53. The Morgan fingerprint density at radius 1 is 0.844 bits per heavy atom. The minimum Gasteiger partial charge on any atom is -0.381 e. The molecule has 3 aliphatic carbocycles. The summed E-state index contributed by atoms with van der Waals surface area (Å²) in [5.74, 6) is 4.65. The van der Waals surface area contributed by atoms with Gasteiger partial charge in [0, 0.05) is 31.8 Å². The zero-order chi connectivity index (χ0) is 22.3. The molecule has 0 aromatic rings. The number of nitrogens with zero attached hydrogens (tertiary/aromatic N) is 1. The van der Waals surface area contributed by atoms with Gasteiger partial charge in [-0.1, -0.05) is 6.42 Å². The van der Waals surface area contributed by atoms with E-state index in [1.807, 2.05) is 7.11 Å². The maximum Gasteiger partial charge on any atom is 0.0686 e. The van der Waals surface area contributed by atoms with Gasteiger partial charge in [0.1, 0.15) is 0 Å². The minimum absolute atomic E-state index is 0.175. The van der Waals surface area contributed by atoms with E-state index in [4.69, 9.17) is 4.74 Å². The maximum atomic E-state index is 9.58. The third-order valence-electron chi connectivity index (χ3n) is 10.6. The molecule has 32 heavy (non-hydrogen) atoms. The standard InChI is InChI=1S/C27H46N4O/c1-27(2,16-28)20-10-7-17(8-11-20)26-25-22-14-19(18-5-4-6-21(13-18)32-3)9-12-23(22)29-15-24(25)30-31-26/h17-26,29-31H,4-15H2,1-3H3. The van der Waals surface area contributed by atoms with E-state index in [2.05, 4.69) is 36.1 Å². The second-order valence-corrected chi connectivity index (χ2v) is 12.5. The number of methoxy groups -OCH3 is 1. The summed E-state index contributed by atoms with van der Waals surface area (Å²) in [5, 5.41) is 13.5. The maximum absolute atomic E-state index is 9.58. The summed E-state index contributed by atoms with van der Waals surface area (Å²) in [6.07, 6.45) is 15.0. The highest BCUT2D eigenvalue weighted by atomic mass is 16.5. The molecule has 0 aromatic heterocycles. The fraction of sp³-hybridized carbons (Fsp3) is 0.963. The van der Waals surface area contributed by atoms with Crippen LogP contribution in [0, 0.1) is 52.3 Å². The van der Waals surface area contributed by atoms with Crippen molar-refractivity contribution < 1.29 is 4.74 Å². The normalized spacial score (nSPS) is 47.3. The average molecular weight is 443 g/mol. The molecule has 3 N–H and O–H groups in total. The molecule has 8 atom stereocenters. The van der Waals surface area contributed by atoms with Crippen LogP contribution in [0.25, 0.3) is 0 Å². The zero-order valence-electron chi connectivity index (χ0n) is 20.6. The van der Waals surface area contributed by atoms with E-state index in [0.29, 0.717) is 30.1 Å². The number of hydrogen-bond donors (Lipinski definition) is 3. The van der Waals surface area contributed by atoms with E-state index in [9.17, 15) is 5.26 Å². The van der Waals surface area contributed by atoms with E-state index in [1.54, 1.807) is 0 Å². The Hall–Kier alpha value is -0.670. The number of rotatable bonds is 4. The Morgan fingerprint density at radius 2 is 1.59 bits per heavy atom. The van der Waals surface area contributed by atoms with Crippen LogP contribution in [-0.2, 0) is 4.74 Å². The molecule has 0 radical (unpaired) electrons. The van der Waals surface area contributed by atoms with Gasteiger partial charge in [0.05, 0.1) is 17.6 Å². The van der Waals surface area contributed by atoms with Crippen molar-refractivity contribution in [1.82, 2.24) is 16.2 Å². The van der Waals surface area contributed by atoms with Crippen LogP contribution in [-0.4, -0.2) is 37.9 Å². The smallest absolute Gasteiger partial charge is 0.0686 e. The largest absolute Gasteiger partial charge is 0.381 e. The molecule has 0 spiro atoms. The Bertz CT molecular complexity index is 682. The SMILES string of the molecule is COC1CCCC(C2CCC3NCC4NNC(C5CCC(C(C)(C)C#N)CC5)C4C3C2)C1. The predicted octanol–water partition coefficient (Wildman–Crippen LogP) is 4.40. The average Bonchev–Trinajstić information content (AvgIpc) is 3.28. The number of piperidine rings is 1. The first kappa shape index (κ1) is 23.1. The first-order valence-electron chi connectivity index (χ1n) is 13.7. The van der Waals surface area contributed by atoms with Crippen LogP contribution in [0.15, 0.2) is 0 Å². The van der Waals surface area contributed by atoms with Gasteiger partial charge in [-0.15, -0.1) is 0 Å². The van der Waals surface area contributed by atoms with Gasteiger partial charge >= 0.3 is 0 Å². The number of hydrogen-bond acceptors (Lipinski definition) is 5. The Labute approximate surface area is 195 Å². The Balaban J connectivity index is 1.25. The molecule has 2 saturated heterocycles. The van der Waals surface area contributed by atoms with Crippen molar-refractivity contribution in [2.24, 2.45) is 40.9 Å². The van der Waals surface area contributed by atoms with Gasteiger partial charge in [-0.3, -0.25) is 10.9 Å². The molecule has 2 heterocycles. The summed E-state index contributed by atoms with van der Waals surface area (Å²) < 4.78 is 5.77. The van der Waals surface area contributed by atoms with Crippen molar-refractivity contribution >= 4 is 0 Å². The number of ether oxygens (including phenoxy) is 1. The van der Waals surface area contributed by atoms with E-state index >= 15 is 0 Å². The first-order valence-corrected chi connectivity index (χ1v) is 13.7. The van der Waals surface area contributed by atoms with Crippen molar-refractivity contribution in [2.75, 3.05) is 13.7 Å². The number of nitriles is 1. The van der Waals surface area contributed by atoms with Crippen molar-refractivity contribution in [3.05, 3.63) is 0 Å². The van der Waals surface area contributed by atoms with Gasteiger partial charge in [0.25, 0.3) is 0 Å². The summed E-state index contributed by atoms with van der Waals surface area (Å²) in [6, 6.07) is 4.48. The molecule has 180 valence electrons. The fourth-order valence-corrected chi connectivity index (χ4v) is 8.57. The summed E-state index contributed by atoms with van der Waals surface area (Å²) in [7, 11) is 1.91. The molecule has 5 nitrogen and oxygen atoms in total. The van der Waals surface area contributed by atoms with Gasteiger partial charge in [0.15, 0.2) is 0 Å². The lowest BCUT2D eigenvalue weighted by Gasteiger charge is -2.50. The summed E-state index contributed by atoms with van der Waals surface area (Å²) >= 11 is 0. The van der Waals surface area contributed by atoms with E-state index in [1.165, 1.54) is 70.6 Å². The predicted molar refractivity (Wildman–Crippen MR) is 128 cm³/mol. The topological polar surface area (TPSA) is 69.1 Å². The van der Waals surface area contributed by atoms with Crippen LogP contribution >= 0.6 is 0 Å². The van der Waals surface area contributed by atoms with E-state index < -0.39 is 0 Å². The van der Waals surface area contributed by atoms with E-state index in [0.717, 1.165) is 36.1 Å². The van der Waals surface area contributed by atoms with Crippen LogP contribution < -0.4 is 16.2 Å². The lowest BCUT2D eigenvalue weighted by atomic mass is 9.60. The zero-order valence-corrected chi connectivity index (χ0v) is 20.6. The molecular formula is C27H46N4O. The molecule has 8 unspecified atom stereocenters. The van der Waals surface area contributed by atoms with Gasteiger partial charge in [-0.05, 0) is 114 Å². The molecule has 0 bridgehead atoms. The van der Waals surface area contributed by atoms with Crippen LogP contribution in [0.3, 0.4) is 0 Å². The van der Waals surface area contributed by atoms with Gasteiger partial charge in [0.2, 0.25) is 0 Å². The molecule has 5 fully saturated rings. The monoisotopic (exact) mass is 442 g/mol. The third kappa shape index (κ3) is 4.38. The number of nitrogens with one attached hydrogen (secondary N) is 3. The van der Waals surface area contributed by atoms with Crippen molar-refractivity contribution in [3.63, 3.8) is 0 Å². The molecule has 0 amide bonds. The minimum atomic E-state index is -0.175. The second-order valence-electron chi connectivity index (χ2n) is 12.5. The summed E-state index contributed by atoms with van der Waals surface area (Å²) in [5.41, 5.74) is 7.35. The summed E-state index contributed by atoms with van der Waals surface area (Å²) in [4.78, 5) is 0. The Morgan fingerprint density at radius 3 is 2.34 bits per heavy atom. The van der Waals surface area contributed by atoms with Crippen LogP contribution in [0.1, 0.15) is 84.5 Å². The van der Waals surface area contributed by atoms with Gasteiger partial charge in [-0.2, -0.15) is 5.26 Å². The lowest BCUT2D eigenvalue weighted by Crippen LogP contribution is -2.58. The fourth-order valence-electron chi connectivity index (χ4n) is 8.57. The number of fused-ring (bicyclic) bond motifs is 3. The molecule has 5 aliphatic rings. The first-order chi connectivity index (χ1) is 15.5. The van der Waals surface area contributed by atoms with Crippen molar-refractivity contribution in [3.8, 4) is 6.07 Å². The molecule has 5 heteroatoms.